The van der Waals surface area contributed by atoms with Crippen molar-refractivity contribution in [3.8, 4) is 12.3 Å². The molecule has 0 aromatic heterocycles. The van der Waals surface area contributed by atoms with E-state index in [0.717, 1.165) is 0 Å². The second-order valence-corrected chi connectivity index (χ2v) is 8.70. The van der Waals surface area contributed by atoms with Gasteiger partial charge in [0.15, 0.2) is 0 Å². The lowest BCUT2D eigenvalue weighted by Crippen LogP contribution is -2.45. The van der Waals surface area contributed by atoms with Gasteiger partial charge < -0.3 is 10.6 Å². The summed E-state index contributed by atoms with van der Waals surface area (Å²) in [5.41, 5.74) is 0. The highest BCUT2D eigenvalue weighted by Crippen LogP contribution is 2.30. The monoisotopic (exact) mass is 431 g/mol. The van der Waals surface area contributed by atoms with Crippen LogP contribution in [0.1, 0.15) is 12.8 Å². The topological polar surface area (TPSA) is 95.6 Å². The van der Waals surface area contributed by atoms with Crippen molar-refractivity contribution in [3.05, 3.63) is 28.2 Å². The molecule has 2 amide bonds. The van der Waals surface area contributed by atoms with Crippen LogP contribution in [0.5, 0.6) is 0 Å². The summed E-state index contributed by atoms with van der Waals surface area (Å²) < 4.78 is 26.8. The summed E-state index contributed by atoms with van der Waals surface area (Å²) >= 11 is 11.9. The van der Waals surface area contributed by atoms with Gasteiger partial charge in [0.1, 0.15) is 4.90 Å². The largest absolute Gasteiger partial charge is 0.347 e. The number of hydrogen-bond acceptors (Lipinski definition) is 4. The summed E-state index contributed by atoms with van der Waals surface area (Å²) in [5, 5.41) is 5.35. The predicted molar refractivity (Wildman–Crippen MR) is 103 cm³/mol. The third kappa shape index (κ3) is 5.59. The zero-order valence-electron chi connectivity index (χ0n) is 14.4. The number of nitrogens with zero attached hydrogens (tertiary/aromatic N) is 1. The first-order valence-corrected chi connectivity index (χ1v) is 10.4. The molecule has 1 aromatic carbocycles. The normalized spacial score (nSPS) is 15.7. The zero-order chi connectivity index (χ0) is 20.0. The summed E-state index contributed by atoms with van der Waals surface area (Å²) in [4.78, 5) is 23.6. The predicted octanol–water partition coefficient (Wildman–Crippen LogP) is 1.26. The van der Waals surface area contributed by atoms with Crippen LogP contribution in [0.4, 0.5) is 0 Å². The van der Waals surface area contributed by atoms with Gasteiger partial charge in [-0.1, -0.05) is 29.1 Å². The zero-order valence-corrected chi connectivity index (χ0v) is 16.7. The maximum atomic E-state index is 12.8. The van der Waals surface area contributed by atoms with E-state index in [9.17, 15) is 18.0 Å². The molecule has 0 atom stereocenters. The van der Waals surface area contributed by atoms with Gasteiger partial charge in [-0.05, 0) is 31.0 Å². The number of terminal acetylenes is 1. The fourth-order valence-corrected chi connectivity index (χ4v) is 4.90. The molecule has 1 aliphatic rings. The van der Waals surface area contributed by atoms with Gasteiger partial charge in [-0.2, -0.15) is 4.31 Å². The molecule has 2 rings (SSSR count). The van der Waals surface area contributed by atoms with E-state index < -0.39 is 10.0 Å². The minimum Gasteiger partial charge on any atom is -0.347 e. The van der Waals surface area contributed by atoms with Crippen molar-refractivity contribution in [2.75, 3.05) is 26.2 Å². The van der Waals surface area contributed by atoms with Gasteiger partial charge in [0, 0.05) is 24.0 Å². The molecule has 1 heterocycles. The molecule has 0 bridgehead atoms. The third-order valence-corrected chi connectivity index (χ3v) is 6.76. The molecule has 146 valence electrons. The molecule has 1 aromatic rings. The number of hydrogen-bond donors (Lipinski definition) is 2. The summed E-state index contributed by atoms with van der Waals surface area (Å²) in [6, 6.07) is 4.26. The van der Waals surface area contributed by atoms with Crippen LogP contribution in [-0.4, -0.2) is 50.7 Å². The van der Waals surface area contributed by atoms with Crippen LogP contribution < -0.4 is 10.6 Å². The number of nitrogens with one attached hydrogen (secondary N) is 2. The number of amides is 2. The Bertz CT molecular complexity index is 859. The minimum absolute atomic E-state index is 0.0512. The molecule has 0 spiro atoms. The number of carbonyl (C=O) groups is 2. The van der Waals surface area contributed by atoms with Crippen LogP contribution in [0.2, 0.25) is 10.0 Å². The highest BCUT2D eigenvalue weighted by molar-refractivity contribution is 7.89. The maximum Gasteiger partial charge on any atom is 0.244 e. The quantitative estimate of drug-likeness (QED) is 0.662. The first kappa shape index (κ1) is 21.5. The van der Waals surface area contributed by atoms with Crippen LogP contribution in [0.25, 0.3) is 0 Å². The van der Waals surface area contributed by atoms with Crippen molar-refractivity contribution < 1.29 is 18.0 Å². The fourth-order valence-electron chi connectivity index (χ4n) is 2.70. The molecule has 27 heavy (non-hydrogen) atoms. The van der Waals surface area contributed by atoms with E-state index in [0.29, 0.717) is 12.8 Å². The molecular weight excluding hydrogens is 413 g/mol. The molecule has 1 aliphatic heterocycles. The Kier molecular flexibility index (Phi) is 7.50. The molecule has 1 saturated heterocycles. The number of rotatable bonds is 6. The Morgan fingerprint density at radius 3 is 2.52 bits per heavy atom. The second-order valence-electron chi connectivity index (χ2n) is 5.95. The van der Waals surface area contributed by atoms with Gasteiger partial charge >= 0.3 is 0 Å². The molecule has 0 saturated carbocycles. The Hall–Kier alpha value is -1.79. The fraction of sp³-hybridized carbons (Fsp3) is 0.412. The Morgan fingerprint density at radius 1 is 1.22 bits per heavy atom. The van der Waals surface area contributed by atoms with E-state index in [1.807, 2.05) is 0 Å². The van der Waals surface area contributed by atoms with Crippen LogP contribution in [-0.2, 0) is 19.6 Å². The smallest absolute Gasteiger partial charge is 0.244 e. The van der Waals surface area contributed by atoms with Crippen molar-refractivity contribution in [3.63, 3.8) is 0 Å². The summed E-state index contributed by atoms with van der Waals surface area (Å²) in [7, 11) is -3.80. The van der Waals surface area contributed by atoms with Crippen LogP contribution >= 0.6 is 23.2 Å². The lowest BCUT2D eigenvalue weighted by molar-refractivity contribution is -0.129. The highest BCUT2D eigenvalue weighted by Gasteiger charge is 2.33. The van der Waals surface area contributed by atoms with Crippen molar-refractivity contribution in [2.24, 2.45) is 5.92 Å². The number of sulfonamides is 1. The summed E-state index contributed by atoms with van der Waals surface area (Å²) in [6.45, 7) is 0.271. The number of halogens is 2. The number of piperidine rings is 1. The van der Waals surface area contributed by atoms with Crippen molar-refractivity contribution in [1.82, 2.24) is 14.9 Å². The van der Waals surface area contributed by atoms with Gasteiger partial charge in [0.25, 0.3) is 0 Å². The lowest BCUT2D eigenvalue weighted by Gasteiger charge is -2.30. The molecule has 0 aliphatic carbocycles. The maximum absolute atomic E-state index is 12.8. The second kappa shape index (κ2) is 9.42. The van der Waals surface area contributed by atoms with E-state index >= 15 is 0 Å². The summed E-state index contributed by atoms with van der Waals surface area (Å²) in [5.74, 6) is 1.23. The van der Waals surface area contributed by atoms with Crippen molar-refractivity contribution >= 4 is 45.0 Å². The molecule has 0 radical (unpaired) electrons. The van der Waals surface area contributed by atoms with Crippen LogP contribution in [0, 0.1) is 18.3 Å². The Morgan fingerprint density at radius 2 is 1.89 bits per heavy atom. The molecular formula is C17H19Cl2N3O4S. The Balaban J connectivity index is 1.93. The van der Waals surface area contributed by atoms with E-state index in [4.69, 9.17) is 29.6 Å². The Labute approximate surface area is 168 Å². The first-order valence-electron chi connectivity index (χ1n) is 8.18. The van der Waals surface area contributed by atoms with Gasteiger partial charge in [-0.25, -0.2) is 8.42 Å². The van der Waals surface area contributed by atoms with E-state index in [2.05, 4.69) is 16.6 Å². The van der Waals surface area contributed by atoms with Gasteiger partial charge in [-0.3, -0.25) is 9.59 Å². The molecule has 2 N–H and O–H groups in total. The van der Waals surface area contributed by atoms with E-state index in [-0.39, 0.29) is 58.9 Å². The van der Waals surface area contributed by atoms with Gasteiger partial charge in [-0.15, -0.1) is 6.42 Å². The van der Waals surface area contributed by atoms with E-state index in [1.165, 1.54) is 22.5 Å². The molecule has 10 heteroatoms. The third-order valence-electron chi connectivity index (χ3n) is 4.15. The van der Waals surface area contributed by atoms with E-state index in [1.54, 1.807) is 0 Å². The summed E-state index contributed by atoms with van der Waals surface area (Å²) in [6.07, 6.45) is 5.72. The molecule has 0 unspecified atom stereocenters. The lowest BCUT2D eigenvalue weighted by atomic mass is 9.97. The van der Waals surface area contributed by atoms with Gasteiger partial charge in [0.05, 0.1) is 18.1 Å². The average Bonchev–Trinajstić information content (AvgIpc) is 2.66. The first-order chi connectivity index (χ1) is 12.8. The van der Waals surface area contributed by atoms with Crippen molar-refractivity contribution in [2.45, 2.75) is 17.7 Å². The molecule has 7 nitrogen and oxygen atoms in total. The van der Waals surface area contributed by atoms with Crippen molar-refractivity contribution in [1.29, 1.82) is 0 Å². The minimum atomic E-state index is -3.80. The highest BCUT2D eigenvalue weighted by atomic mass is 35.5. The average molecular weight is 432 g/mol. The van der Waals surface area contributed by atoms with Gasteiger partial charge in [0.2, 0.25) is 21.8 Å². The van der Waals surface area contributed by atoms with Crippen LogP contribution in [0.15, 0.2) is 23.1 Å². The van der Waals surface area contributed by atoms with Crippen LogP contribution in [0.3, 0.4) is 0 Å². The number of carbonyl (C=O) groups excluding carboxylic acids is 2. The number of benzene rings is 1. The standard InChI is InChI=1S/C17H19Cl2N3O4S/c1-2-7-20-16(23)11-21-17(24)12-5-8-22(9-6-12)27(25,26)15-10-13(18)3-4-14(15)19/h1,3-4,10,12H,5-9,11H2,(H,20,23)(H,21,24). The SMILES string of the molecule is C#CCNC(=O)CNC(=O)C1CCN(S(=O)(=O)c2cc(Cl)ccc2Cl)CC1. The molecule has 1 fully saturated rings.